The van der Waals surface area contributed by atoms with Gasteiger partial charge in [-0.25, -0.2) is 0 Å². The van der Waals surface area contributed by atoms with Gasteiger partial charge in [0.2, 0.25) is 0 Å². The number of rotatable bonds is 2. The molecule has 0 saturated heterocycles. The Bertz CT molecular complexity index is 1610. The van der Waals surface area contributed by atoms with Gasteiger partial charge in [0.15, 0.2) is 0 Å². The molecule has 194 valence electrons. The smallest absolute Gasteiger partial charge is 0.0433 e. The van der Waals surface area contributed by atoms with Crippen LogP contribution in [0.25, 0.3) is 42.1 Å². The van der Waals surface area contributed by atoms with Crippen molar-refractivity contribution in [1.82, 2.24) is 0 Å². The van der Waals surface area contributed by atoms with Crippen molar-refractivity contribution in [3.05, 3.63) is 114 Å². The van der Waals surface area contributed by atoms with E-state index in [0.29, 0.717) is 0 Å². The van der Waals surface area contributed by atoms with Gasteiger partial charge in [0.05, 0.1) is 0 Å². The van der Waals surface area contributed by atoms with Gasteiger partial charge in [0.25, 0.3) is 0 Å². The van der Waals surface area contributed by atoms with Gasteiger partial charge in [-0.1, -0.05) is 131 Å². The summed E-state index contributed by atoms with van der Waals surface area (Å²) in [5, 5.41) is 8.80. The van der Waals surface area contributed by atoms with E-state index < -0.39 is 0 Å². The summed E-state index contributed by atoms with van der Waals surface area (Å²) in [5.41, 5.74) is 6.69. The van der Waals surface area contributed by atoms with E-state index >= 15 is 0 Å². The van der Waals surface area contributed by atoms with Crippen LogP contribution in [0, 0.1) is 6.92 Å². The van der Waals surface area contributed by atoms with Crippen molar-refractivity contribution >= 4 is 48.0 Å². The molecule has 1 N–H and O–H groups in total. The van der Waals surface area contributed by atoms with E-state index in [2.05, 4.69) is 111 Å². The van der Waals surface area contributed by atoms with E-state index in [-0.39, 0.29) is 0 Å². The summed E-state index contributed by atoms with van der Waals surface area (Å²) in [6, 6.07) is 37.0. The Balaban J connectivity index is 0.000000217. The predicted octanol–water partition coefficient (Wildman–Crippen LogP) is 11.6. The summed E-state index contributed by atoms with van der Waals surface area (Å²) in [6.45, 7) is 11.4. The average molecular weight is 518 g/mol. The lowest BCUT2D eigenvalue weighted by Crippen LogP contribution is -2.13. The maximum absolute atomic E-state index is 3.37. The molecular weight excluding hydrogens is 478 g/mol. The molecule has 0 saturated carbocycles. The molecule has 2 heteroatoms. The average Bonchev–Trinajstić information content (AvgIpc) is 3.34. The van der Waals surface area contributed by atoms with Crippen LogP contribution in [0.5, 0.6) is 0 Å². The van der Waals surface area contributed by atoms with Crippen molar-refractivity contribution in [2.75, 3.05) is 5.32 Å². The van der Waals surface area contributed by atoms with Crippen LogP contribution in [0.15, 0.2) is 103 Å². The van der Waals surface area contributed by atoms with Crippen molar-refractivity contribution in [1.29, 1.82) is 0 Å². The van der Waals surface area contributed by atoms with Gasteiger partial charge >= 0.3 is 0 Å². The molecule has 0 atom stereocenters. The molecule has 0 bridgehead atoms. The highest BCUT2D eigenvalue weighted by atomic mass is 32.1. The monoisotopic (exact) mass is 517 g/mol. The number of hydrogen-bond acceptors (Lipinski definition) is 2. The molecule has 1 aliphatic heterocycles. The Morgan fingerprint density at radius 3 is 2.05 bits per heavy atom. The molecule has 0 amide bonds. The summed E-state index contributed by atoms with van der Waals surface area (Å²) in [6.07, 6.45) is 2.64. The van der Waals surface area contributed by atoms with Gasteiger partial charge in [-0.15, -0.1) is 11.3 Å². The maximum atomic E-state index is 3.37. The van der Waals surface area contributed by atoms with Crippen LogP contribution in [-0.2, 0) is 6.54 Å². The molecular formula is C36H39NS. The number of anilines is 1. The van der Waals surface area contributed by atoms with Gasteiger partial charge in [-0.3, -0.25) is 0 Å². The second kappa shape index (κ2) is 13.3. The number of thiophene rings is 1. The Hall–Kier alpha value is -3.62. The molecule has 1 nitrogen and oxygen atoms in total. The molecule has 0 spiro atoms. The minimum Gasteiger partial charge on any atom is -0.381 e. The third-order valence-corrected chi connectivity index (χ3v) is 7.96. The van der Waals surface area contributed by atoms with Crippen LogP contribution in [-0.4, -0.2) is 0 Å². The van der Waals surface area contributed by atoms with E-state index in [4.69, 9.17) is 0 Å². The lowest BCUT2D eigenvalue weighted by Gasteiger charge is -2.23. The van der Waals surface area contributed by atoms with E-state index in [1.807, 2.05) is 43.4 Å². The molecule has 0 radical (unpaired) electrons. The van der Waals surface area contributed by atoms with Crippen LogP contribution < -0.4 is 5.32 Å². The van der Waals surface area contributed by atoms with Gasteiger partial charge in [0.1, 0.15) is 0 Å². The van der Waals surface area contributed by atoms with E-state index in [1.165, 1.54) is 71.7 Å². The zero-order valence-corrected chi connectivity index (χ0v) is 24.2. The number of nitrogens with one attached hydrogen (secondary N) is 1. The fourth-order valence-electron chi connectivity index (χ4n) is 4.50. The predicted molar refractivity (Wildman–Crippen MR) is 173 cm³/mol. The second-order valence-electron chi connectivity index (χ2n) is 9.32. The Morgan fingerprint density at radius 1 is 0.684 bits per heavy atom. The second-order valence-corrected chi connectivity index (χ2v) is 10.4. The normalized spacial score (nSPS) is 11.1. The summed E-state index contributed by atoms with van der Waals surface area (Å²) < 4.78 is 2.74. The van der Waals surface area contributed by atoms with Crippen LogP contribution in [0.4, 0.5) is 5.69 Å². The first kappa shape index (κ1) is 27.4. The number of aryl methyl sites for hydroxylation is 1. The number of hydrogen-bond donors (Lipinski definition) is 1. The third kappa shape index (κ3) is 5.92. The van der Waals surface area contributed by atoms with Crippen LogP contribution in [0.1, 0.15) is 51.7 Å². The maximum Gasteiger partial charge on any atom is 0.0433 e. The zero-order valence-electron chi connectivity index (χ0n) is 23.3. The van der Waals surface area contributed by atoms with Crippen molar-refractivity contribution in [3.8, 4) is 11.1 Å². The lowest BCUT2D eigenvalue weighted by molar-refractivity contribution is 0.886. The van der Waals surface area contributed by atoms with E-state index in [9.17, 15) is 0 Å². The minimum atomic E-state index is 0.984. The molecule has 0 fully saturated rings. The van der Waals surface area contributed by atoms with Crippen LogP contribution >= 0.6 is 11.3 Å². The molecule has 0 unspecified atom stereocenters. The number of fused-ring (bicyclic) bond motifs is 6. The third-order valence-electron chi connectivity index (χ3n) is 6.74. The van der Waals surface area contributed by atoms with Crippen molar-refractivity contribution in [3.63, 3.8) is 0 Å². The topological polar surface area (TPSA) is 12.0 Å². The Morgan fingerprint density at radius 2 is 1.39 bits per heavy atom. The molecule has 1 aliphatic rings. The molecule has 2 heterocycles. The van der Waals surface area contributed by atoms with Crippen molar-refractivity contribution < 1.29 is 0 Å². The zero-order chi connectivity index (χ0) is 26.9. The van der Waals surface area contributed by atoms with Gasteiger partial charge in [-0.2, -0.15) is 0 Å². The summed E-state index contributed by atoms with van der Waals surface area (Å²) in [7, 11) is 0. The standard InChI is InChI=1S/C23H15NS.C7H8.C4H10.C2H6/c1-2-7-22-18(4-1)19-6-3-5-17(23(19)25-22)15-8-10-16-14(12-15)9-11-21-20(16)13-24-21;1-7-5-3-2-4-6-7;1-3-4-2;1-2/h1-12,24H,13H2;2-6H,1H3;3-4H2,1-2H3;1-2H3. The largest absolute Gasteiger partial charge is 0.381 e. The minimum absolute atomic E-state index is 0.984. The molecule has 5 aromatic carbocycles. The fourth-order valence-corrected chi connectivity index (χ4v) is 5.74. The SMILES string of the molecule is CC.CCCC.Cc1ccccc1.c1ccc2c(c1)sc1c(-c3ccc4c5c(ccc4c3)NC5)cccc12. The Labute approximate surface area is 232 Å². The highest BCUT2D eigenvalue weighted by molar-refractivity contribution is 7.26. The number of unbranched alkanes of at least 4 members (excludes halogenated alkanes) is 1. The van der Waals surface area contributed by atoms with Crippen LogP contribution in [0.2, 0.25) is 0 Å². The quantitative estimate of drug-likeness (QED) is 0.241. The van der Waals surface area contributed by atoms with Gasteiger partial charge < -0.3 is 5.32 Å². The first-order valence-electron chi connectivity index (χ1n) is 13.9. The highest BCUT2D eigenvalue weighted by Crippen LogP contribution is 2.41. The van der Waals surface area contributed by atoms with Crippen molar-refractivity contribution in [2.24, 2.45) is 0 Å². The highest BCUT2D eigenvalue weighted by Gasteiger charge is 2.16. The van der Waals surface area contributed by atoms with Gasteiger partial charge in [0, 0.05) is 38.0 Å². The Kier molecular flexibility index (Phi) is 9.56. The first-order valence-corrected chi connectivity index (χ1v) is 14.7. The van der Waals surface area contributed by atoms with Gasteiger partial charge in [-0.05, 0) is 47.0 Å². The number of benzene rings is 5. The molecule has 6 aromatic rings. The van der Waals surface area contributed by atoms with Crippen LogP contribution in [0.3, 0.4) is 0 Å². The van der Waals surface area contributed by atoms with E-state index in [1.54, 1.807) is 0 Å². The molecule has 38 heavy (non-hydrogen) atoms. The summed E-state index contributed by atoms with van der Waals surface area (Å²) in [5.74, 6) is 0. The summed E-state index contributed by atoms with van der Waals surface area (Å²) in [4.78, 5) is 0. The first-order chi connectivity index (χ1) is 18.7. The molecule has 0 aliphatic carbocycles. The fraction of sp³-hybridized carbons (Fsp3) is 0.222. The van der Waals surface area contributed by atoms with E-state index in [0.717, 1.165) is 6.54 Å². The summed E-state index contributed by atoms with van der Waals surface area (Å²) >= 11 is 1.90. The molecule has 1 aromatic heterocycles. The lowest BCUT2D eigenvalue weighted by atomic mass is 9.94. The molecule has 7 rings (SSSR count). The van der Waals surface area contributed by atoms with Crippen molar-refractivity contribution in [2.45, 2.75) is 54.0 Å².